The fraction of sp³-hybridized carbons (Fsp3) is 0.800. The molecule has 1 saturated carbocycles. The molecule has 1 amide bonds. The molecule has 4 N–H and O–H groups in total. The Bertz CT molecular complexity index is 266. The maximum Gasteiger partial charge on any atom is 0.230 e. The molecule has 1 fully saturated rings. The van der Waals surface area contributed by atoms with E-state index in [4.69, 9.17) is 10.9 Å². The average Bonchev–Trinajstić information content (AvgIpc) is 2.20. The molecule has 1 atom stereocenters. The number of oxime groups is 1. The molecule has 5 heteroatoms. The maximum absolute atomic E-state index is 11.7. The molecule has 0 spiro atoms. The second kappa shape index (κ2) is 4.51. The number of rotatable bonds is 4. The van der Waals surface area contributed by atoms with E-state index in [-0.39, 0.29) is 17.3 Å². The number of hydrogen-bond donors (Lipinski definition) is 3. The quantitative estimate of drug-likeness (QED) is 0.279. The van der Waals surface area contributed by atoms with Gasteiger partial charge in [-0.2, -0.15) is 0 Å². The first kappa shape index (κ1) is 11.8. The molecule has 0 aromatic rings. The Labute approximate surface area is 89.7 Å². The van der Waals surface area contributed by atoms with E-state index in [2.05, 4.69) is 17.4 Å². The number of nitrogens with zero attached hydrogens (tertiary/aromatic N) is 1. The van der Waals surface area contributed by atoms with Gasteiger partial charge in [0.25, 0.3) is 0 Å². The smallest absolute Gasteiger partial charge is 0.230 e. The molecular formula is C10H19N3O2. The van der Waals surface area contributed by atoms with Gasteiger partial charge in [0.15, 0.2) is 5.84 Å². The number of amidine groups is 1. The lowest BCUT2D eigenvalue weighted by Gasteiger charge is -2.42. The summed E-state index contributed by atoms with van der Waals surface area (Å²) < 4.78 is 0. The van der Waals surface area contributed by atoms with Gasteiger partial charge in [-0.25, -0.2) is 0 Å². The second-order valence-electron chi connectivity index (χ2n) is 4.22. The van der Waals surface area contributed by atoms with Crippen LogP contribution in [-0.4, -0.2) is 22.5 Å². The van der Waals surface area contributed by atoms with Crippen molar-refractivity contribution < 1.29 is 10.0 Å². The summed E-state index contributed by atoms with van der Waals surface area (Å²) in [6, 6.07) is 0. The summed E-state index contributed by atoms with van der Waals surface area (Å²) in [5.74, 6) is -0.774. The molecule has 0 bridgehead atoms. The van der Waals surface area contributed by atoms with Crippen molar-refractivity contribution in [2.45, 2.75) is 45.1 Å². The van der Waals surface area contributed by atoms with Gasteiger partial charge in [-0.15, -0.1) is 0 Å². The minimum atomic E-state index is -0.570. The number of hydrogen-bond acceptors (Lipinski definition) is 3. The fourth-order valence-electron chi connectivity index (χ4n) is 1.76. The van der Waals surface area contributed by atoms with Gasteiger partial charge in [-0.1, -0.05) is 12.1 Å². The van der Waals surface area contributed by atoms with Crippen LogP contribution >= 0.6 is 0 Å². The largest absolute Gasteiger partial charge is 0.409 e. The van der Waals surface area contributed by atoms with Crippen molar-refractivity contribution in [3.05, 3.63) is 0 Å². The van der Waals surface area contributed by atoms with Gasteiger partial charge in [0.05, 0.1) is 5.92 Å². The zero-order chi connectivity index (χ0) is 11.5. The molecule has 0 aromatic heterocycles. The van der Waals surface area contributed by atoms with E-state index in [1.165, 1.54) is 0 Å². The molecule has 1 aliphatic carbocycles. The molecule has 1 aliphatic rings. The van der Waals surface area contributed by atoms with Crippen LogP contribution in [0.25, 0.3) is 0 Å². The summed E-state index contributed by atoms with van der Waals surface area (Å²) in [5.41, 5.74) is 5.34. The van der Waals surface area contributed by atoms with Crippen LogP contribution in [0.5, 0.6) is 0 Å². The highest BCUT2D eigenvalue weighted by atomic mass is 16.4. The van der Waals surface area contributed by atoms with E-state index in [9.17, 15) is 4.79 Å². The van der Waals surface area contributed by atoms with E-state index in [1.807, 2.05) is 0 Å². The van der Waals surface area contributed by atoms with Crippen LogP contribution in [-0.2, 0) is 4.79 Å². The highest BCUT2D eigenvalue weighted by Crippen LogP contribution is 2.34. The van der Waals surface area contributed by atoms with E-state index >= 15 is 0 Å². The molecule has 0 aromatic carbocycles. The number of nitrogens with one attached hydrogen (secondary N) is 1. The predicted octanol–water partition coefficient (Wildman–Crippen LogP) is 0.818. The van der Waals surface area contributed by atoms with E-state index in [1.54, 1.807) is 6.92 Å². The molecule has 0 radical (unpaired) electrons. The molecule has 1 rings (SSSR count). The summed E-state index contributed by atoms with van der Waals surface area (Å²) in [6.07, 6.45) is 4.14. The van der Waals surface area contributed by atoms with Crippen molar-refractivity contribution in [3.63, 3.8) is 0 Å². The van der Waals surface area contributed by atoms with Crippen LogP contribution in [0.15, 0.2) is 5.16 Å². The summed E-state index contributed by atoms with van der Waals surface area (Å²) in [4.78, 5) is 11.7. The summed E-state index contributed by atoms with van der Waals surface area (Å²) >= 11 is 0. The lowest BCUT2D eigenvalue weighted by molar-refractivity contribution is -0.125. The van der Waals surface area contributed by atoms with Crippen LogP contribution in [0.1, 0.15) is 39.5 Å². The SMILES string of the molecule is CCC1(NC(=O)C(C)C(N)=NO)CCC1. The standard InChI is InChI=1S/C10H19N3O2/c1-3-10(5-4-6-10)12-9(14)7(2)8(11)13-15/h7,15H,3-6H2,1-2H3,(H2,11,13)(H,12,14). The normalized spacial score (nSPS) is 21.6. The predicted molar refractivity (Wildman–Crippen MR) is 57.6 cm³/mol. The zero-order valence-corrected chi connectivity index (χ0v) is 9.29. The van der Waals surface area contributed by atoms with Gasteiger partial charge < -0.3 is 16.3 Å². The van der Waals surface area contributed by atoms with Crippen LogP contribution in [0.4, 0.5) is 0 Å². The average molecular weight is 213 g/mol. The molecule has 1 unspecified atom stereocenters. The number of carbonyl (C=O) groups is 1. The van der Waals surface area contributed by atoms with Gasteiger partial charge in [-0.3, -0.25) is 4.79 Å². The summed E-state index contributed by atoms with van der Waals surface area (Å²) in [5, 5.41) is 14.3. The summed E-state index contributed by atoms with van der Waals surface area (Å²) in [7, 11) is 0. The van der Waals surface area contributed by atoms with E-state index in [0.717, 1.165) is 25.7 Å². The highest BCUT2D eigenvalue weighted by molar-refractivity contribution is 6.01. The van der Waals surface area contributed by atoms with Crippen molar-refractivity contribution in [3.8, 4) is 0 Å². The lowest BCUT2D eigenvalue weighted by Crippen LogP contribution is -2.55. The molecular weight excluding hydrogens is 194 g/mol. The zero-order valence-electron chi connectivity index (χ0n) is 9.29. The van der Waals surface area contributed by atoms with Crippen LogP contribution in [0.2, 0.25) is 0 Å². The minimum Gasteiger partial charge on any atom is -0.409 e. The number of nitrogens with two attached hydrogens (primary N) is 1. The monoisotopic (exact) mass is 213 g/mol. The summed E-state index contributed by atoms with van der Waals surface area (Å²) in [6.45, 7) is 3.69. The minimum absolute atomic E-state index is 0.0406. The molecule has 0 saturated heterocycles. The van der Waals surface area contributed by atoms with Crippen molar-refractivity contribution in [1.29, 1.82) is 0 Å². The Morgan fingerprint density at radius 1 is 1.67 bits per heavy atom. The first-order valence-electron chi connectivity index (χ1n) is 5.34. The molecule has 5 nitrogen and oxygen atoms in total. The molecule has 15 heavy (non-hydrogen) atoms. The van der Waals surface area contributed by atoms with Crippen LogP contribution < -0.4 is 11.1 Å². The van der Waals surface area contributed by atoms with Gasteiger partial charge >= 0.3 is 0 Å². The Morgan fingerprint density at radius 2 is 2.27 bits per heavy atom. The Balaban J connectivity index is 2.55. The topological polar surface area (TPSA) is 87.7 Å². The van der Waals surface area contributed by atoms with Crippen molar-refractivity contribution >= 4 is 11.7 Å². The van der Waals surface area contributed by atoms with Gasteiger partial charge in [-0.05, 0) is 32.6 Å². The second-order valence-corrected chi connectivity index (χ2v) is 4.22. The van der Waals surface area contributed by atoms with Gasteiger partial charge in [0.1, 0.15) is 0 Å². The third kappa shape index (κ3) is 2.40. The van der Waals surface area contributed by atoms with Crippen LogP contribution in [0, 0.1) is 5.92 Å². The first-order chi connectivity index (χ1) is 7.04. The number of amides is 1. The Kier molecular flexibility index (Phi) is 3.55. The fourth-order valence-corrected chi connectivity index (χ4v) is 1.76. The van der Waals surface area contributed by atoms with Crippen LogP contribution in [0.3, 0.4) is 0 Å². The van der Waals surface area contributed by atoms with Gasteiger partial charge in [0.2, 0.25) is 5.91 Å². The van der Waals surface area contributed by atoms with E-state index in [0.29, 0.717) is 0 Å². The molecule has 0 heterocycles. The number of carbonyl (C=O) groups excluding carboxylic acids is 1. The van der Waals surface area contributed by atoms with Crippen molar-refractivity contribution in [2.24, 2.45) is 16.8 Å². The van der Waals surface area contributed by atoms with Crippen molar-refractivity contribution in [1.82, 2.24) is 5.32 Å². The third-order valence-corrected chi connectivity index (χ3v) is 3.33. The van der Waals surface area contributed by atoms with E-state index < -0.39 is 5.92 Å². The molecule has 86 valence electrons. The lowest BCUT2D eigenvalue weighted by atomic mass is 9.74. The highest BCUT2D eigenvalue weighted by Gasteiger charge is 2.37. The maximum atomic E-state index is 11.7. The van der Waals surface area contributed by atoms with Crippen molar-refractivity contribution in [2.75, 3.05) is 0 Å². The van der Waals surface area contributed by atoms with Gasteiger partial charge in [0, 0.05) is 5.54 Å². The third-order valence-electron chi connectivity index (χ3n) is 3.33. The Morgan fingerprint density at radius 3 is 2.60 bits per heavy atom. The Hall–Kier alpha value is -1.26. The first-order valence-corrected chi connectivity index (χ1v) is 5.34. The molecule has 0 aliphatic heterocycles.